The lowest BCUT2D eigenvalue weighted by Crippen LogP contribution is -2.36. The second kappa shape index (κ2) is 5.82. The summed E-state index contributed by atoms with van der Waals surface area (Å²) >= 11 is 0. The minimum absolute atomic E-state index is 0.335. The van der Waals surface area contributed by atoms with E-state index in [1.165, 1.54) is 18.2 Å². The van der Waals surface area contributed by atoms with Crippen LogP contribution in [-0.2, 0) is 9.59 Å². The van der Waals surface area contributed by atoms with Crippen LogP contribution >= 0.6 is 0 Å². The number of amides is 1. The molecule has 4 nitrogen and oxygen atoms in total. The monoisotopic (exact) mass is 265 g/mol. The van der Waals surface area contributed by atoms with E-state index in [9.17, 15) is 14.0 Å². The van der Waals surface area contributed by atoms with E-state index in [1.54, 1.807) is 6.07 Å². The minimum atomic E-state index is -0.931. The first-order chi connectivity index (χ1) is 9.08. The fourth-order valence-electron chi connectivity index (χ4n) is 2.54. The van der Waals surface area contributed by atoms with Crippen molar-refractivity contribution in [2.75, 3.05) is 5.32 Å². The Hall–Kier alpha value is -1.91. The summed E-state index contributed by atoms with van der Waals surface area (Å²) in [5, 5.41) is 11.7. The molecule has 2 rings (SSSR count). The number of halogens is 1. The highest BCUT2D eigenvalue weighted by atomic mass is 19.1. The standard InChI is InChI=1S/C14H16FNO3/c15-9-4-3-5-10(8-9)16-13(17)11-6-1-2-7-12(11)14(18)19/h3-5,8,11-12H,1-2,6-7H2,(H,16,17)(H,18,19)/t11-,12-/m1/s1. The predicted octanol–water partition coefficient (Wildman–Crippen LogP) is 2.66. The lowest BCUT2D eigenvalue weighted by Gasteiger charge is -2.27. The van der Waals surface area contributed by atoms with Gasteiger partial charge in [0.05, 0.1) is 11.8 Å². The number of hydrogen-bond donors (Lipinski definition) is 2. The van der Waals surface area contributed by atoms with Crippen LogP contribution in [0.4, 0.5) is 10.1 Å². The Labute approximate surface area is 110 Å². The van der Waals surface area contributed by atoms with Gasteiger partial charge in [-0.25, -0.2) is 4.39 Å². The van der Waals surface area contributed by atoms with Crippen molar-refractivity contribution >= 4 is 17.6 Å². The SMILES string of the molecule is O=C(O)[C@@H]1CCCC[C@H]1C(=O)Nc1cccc(F)c1. The first-order valence-corrected chi connectivity index (χ1v) is 6.37. The molecule has 1 aromatic rings. The summed E-state index contributed by atoms with van der Waals surface area (Å²) < 4.78 is 13.0. The number of carboxylic acid groups (broad SMARTS) is 1. The first-order valence-electron chi connectivity index (χ1n) is 6.37. The Morgan fingerprint density at radius 3 is 2.53 bits per heavy atom. The molecule has 1 aliphatic carbocycles. The molecule has 19 heavy (non-hydrogen) atoms. The van der Waals surface area contributed by atoms with Gasteiger partial charge in [-0.1, -0.05) is 18.9 Å². The van der Waals surface area contributed by atoms with Gasteiger partial charge in [-0.05, 0) is 31.0 Å². The summed E-state index contributed by atoms with van der Waals surface area (Å²) in [5.74, 6) is -2.87. The smallest absolute Gasteiger partial charge is 0.307 e. The van der Waals surface area contributed by atoms with Gasteiger partial charge in [0.1, 0.15) is 5.82 Å². The summed E-state index contributed by atoms with van der Waals surface area (Å²) in [6.45, 7) is 0. The van der Waals surface area contributed by atoms with E-state index in [4.69, 9.17) is 5.11 Å². The average Bonchev–Trinajstić information content (AvgIpc) is 2.38. The number of benzene rings is 1. The van der Waals surface area contributed by atoms with Crippen LogP contribution in [0, 0.1) is 17.7 Å². The summed E-state index contributed by atoms with van der Waals surface area (Å²) in [5.41, 5.74) is 0.361. The van der Waals surface area contributed by atoms with E-state index < -0.39 is 23.6 Å². The van der Waals surface area contributed by atoms with Crippen molar-refractivity contribution in [3.63, 3.8) is 0 Å². The van der Waals surface area contributed by atoms with Crippen LogP contribution in [0.2, 0.25) is 0 Å². The molecule has 1 saturated carbocycles. The van der Waals surface area contributed by atoms with E-state index in [0.29, 0.717) is 18.5 Å². The average molecular weight is 265 g/mol. The van der Waals surface area contributed by atoms with Crippen LogP contribution in [0.5, 0.6) is 0 Å². The van der Waals surface area contributed by atoms with Gasteiger partial charge in [0.15, 0.2) is 0 Å². The Kier molecular flexibility index (Phi) is 4.14. The lowest BCUT2D eigenvalue weighted by atomic mass is 9.78. The third kappa shape index (κ3) is 3.30. The van der Waals surface area contributed by atoms with E-state index in [-0.39, 0.29) is 5.91 Å². The fourth-order valence-corrected chi connectivity index (χ4v) is 2.54. The second-order valence-electron chi connectivity index (χ2n) is 4.84. The number of anilines is 1. The molecule has 1 fully saturated rings. The van der Waals surface area contributed by atoms with Crippen molar-refractivity contribution in [2.45, 2.75) is 25.7 Å². The van der Waals surface area contributed by atoms with E-state index in [0.717, 1.165) is 12.8 Å². The Bertz CT molecular complexity index is 489. The third-order valence-corrected chi connectivity index (χ3v) is 3.51. The second-order valence-corrected chi connectivity index (χ2v) is 4.84. The molecule has 5 heteroatoms. The molecule has 0 spiro atoms. The quantitative estimate of drug-likeness (QED) is 0.883. The van der Waals surface area contributed by atoms with Crippen LogP contribution in [-0.4, -0.2) is 17.0 Å². The van der Waals surface area contributed by atoms with Gasteiger partial charge in [-0.2, -0.15) is 0 Å². The van der Waals surface area contributed by atoms with Crippen molar-refractivity contribution in [1.82, 2.24) is 0 Å². The molecule has 0 aromatic heterocycles. The molecule has 1 amide bonds. The molecular formula is C14H16FNO3. The number of nitrogens with one attached hydrogen (secondary N) is 1. The summed E-state index contributed by atoms with van der Waals surface area (Å²) in [6, 6.07) is 5.59. The van der Waals surface area contributed by atoms with Gasteiger partial charge in [0.25, 0.3) is 0 Å². The van der Waals surface area contributed by atoms with Crippen molar-refractivity contribution in [1.29, 1.82) is 0 Å². The van der Waals surface area contributed by atoms with E-state index in [2.05, 4.69) is 5.32 Å². The zero-order chi connectivity index (χ0) is 13.8. The topological polar surface area (TPSA) is 66.4 Å². The maximum atomic E-state index is 13.0. The molecule has 0 unspecified atom stereocenters. The zero-order valence-corrected chi connectivity index (χ0v) is 10.4. The number of hydrogen-bond acceptors (Lipinski definition) is 2. The van der Waals surface area contributed by atoms with Gasteiger partial charge in [-0.15, -0.1) is 0 Å². The number of carbonyl (C=O) groups is 2. The van der Waals surface area contributed by atoms with Crippen LogP contribution in [0.25, 0.3) is 0 Å². The summed E-state index contributed by atoms with van der Waals surface area (Å²) in [6.07, 6.45) is 2.78. The van der Waals surface area contributed by atoms with E-state index in [1.807, 2.05) is 0 Å². The molecule has 0 radical (unpaired) electrons. The highest BCUT2D eigenvalue weighted by Gasteiger charge is 2.35. The van der Waals surface area contributed by atoms with Gasteiger partial charge in [0, 0.05) is 5.69 Å². The van der Waals surface area contributed by atoms with E-state index >= 15 is 0 Å². The minimum Gasteiger partial charge on any atom is -0.481 e. The summed E-state index contributed by atoms with van der Waals surface area (Å²) in [4.78, 5) is 23.2. The van der Waals surface area contributed by atoms with Crippen LogP contribution in [0.3, 0.4) is 0 Å². The van der Waals surface area contributed by atoms with Gasteiger partial charge >= 0.3 is 5.97 Å². The highest BCUT2D eigenvalue weighted by Crippen LogP contribution is 2.31. The maximum absolute atomic E-state index is 13.0. The zero-order valence-electron chi connectivity index (χ0n) is 10.4. The van der Waals surface area contributed by atoms with Crippen molar-refractivity contribution in [2.24, 2.45) is 11.8 Å². The number of carboxylic acids is 1. The number of aliphatic carboxylic acids is 1. The molecule has 0 aliphatic heterocycles. The Balaban J connectivity index is 2.07. The highest BCUT2D eigenvalue weighted by molar-refractivity contribution is 5.95. The third-order valence-electron chi connectivity index (χ3n) is 3.51. The first kappa shape index (κ1) is 13.5. The van der Waals surface area contributed by atoms with Gasteiger partial charge < -0.3 is 10.4 Å². The molecule has 102 valence electrons. The molecule has 2 atom stereocenters. The Morgan fingerprint density at radius 2 is 1.89 bits per heavy atom. The molecule has 0 heterocycles. The van der Waals surface area contributed by atoms with Crippen LogP contribution in [0.1, 0.15) is 25.7 Å². The van der Waals surface area contributed by atoms with Crippen LogP contribution in [0.15, 0.2) is 24.3 Å². The molecule has 2 N–H and O–H groups in total. The summed E-state index contributed by atoms with van der Waals surface area (Å²) in [7, 11) is 0. The largest absolute Gasteiger partial charge is 0.481 e. The molecule has 0 bridgehead atoms. The molecule has 1 aliphatic rings. The van der Waals surface area contributed by atoms with Crippen LogP contribution < -0.4 is 5.32 Å². The lowest BCUT2D eigenvalue weighted by molar-refractivity contribution is -0.147. The van der Waals surface area contributed by atoms with Gasteiger partial charge in [0.2, 0.25) is 5.91 Å². The molecule has 1 aromatic carbocycles. The number of rotatable bonds is 3. The normalized spacial score (nSPS) is 22.8. The predicted molar refractivity (Wildman–Crippen MR) is 68.1 cm³/mol. The molecule has 0 saturated heterocycles. The van der Waals surface area contributed by atoms with Crippen molar-refractivity contribution in [3.8, 4) is 0 Å². The number of carbonyl (C=O) groups excluding carboxylic acids is 1. The van der Waals surface area contributed by atoms with Crippen molar-refractivity contribution in [3.05, 3.63) is 30.1 Å². The van der Waals surface area contributed by atoms with Gasteiger partial charge in [-0.3, -0.25) is 9.59 Å². The van der Waals surface area contributed by atoms with Crippen molar-refractivity contribution < 1.29 is 19.1 Å². The Morgan fingerprint density at radius 1 is 1.21 bits per heavy atom. The fraction of sp³-hybridized carbons (Fsp3) is 0.429. The molecular weight excluding hydrogens is 249 g/mol. The maximum Gasteiger partial charge on any atom is 0.307 e.